The Morgan fingerprint density at radius 2 is 1.81 bits per heavy atom. The van der Waals surface area contributed by atoms with Gasteiger partial charge < -0.3 is 5.11 Å². The molecule has 0 aromatic heterocycles. The first kappa shape index (κ1) is 16.5. The summed E-state index contributed by atoms with van der Waals surface area (Å²) < 4.78 is 27.4. The van der Waals surface area contributed by atoms with Crippen LogP contribution in [-0.4, -0.2) is 31.9 Å². The first-order chi connectivity index (χ1) is 10.00. The predicted octanol–water partition coefficient (Wildman–Crippen LogP) is 2.26. The Balaban J connectivity index is 1.88. The molecule has 0 aliphatic heterocycles. The average Bonchev–Trinajstić information content (AvgIpc) is 2.48. The summed E-state index contributed by atoms with van der Waals surface area (Å²) in [6.07, 6.45) is 3.45. The van der Waals surface area contributed by atoms with Crippen LogP contribution in [0.15, 0.2) is 30.3 Å². The molecule has 0 bridgehead atoms. The van der Waals surface area contributed by atoms with Gasteiger partial charge in [-0.3, -0.25) is 0 Å². The third-order valence-corrected chi connectivity index (χ3v) is 5.92. The maximum Gasteiger partial charge on any atom is 0.212 e. The average molecular weight is 311 g/mol. The molecule has 1 aliphatic rings. The molecular weight excluding hydrogens is 286 g/mol. The van der Waals surface area contributed by atoms with Gasteiger partial charge in [-0.15, -0.1) is 0 Å². The van der Waals surface area contributed by atoms with Crippen LogP contribution >= 0.6 is 0 Å². The summed E-state index contributed by atoms with van der Waals surface area (Å²) in [5.74, 6) is 0.447. The zero-order valence-electron chi connectivity index (χ0n) is 12.5. The molecule has 4 nitrogen and oxygen atoms in total. The second-order valence-corrected chi connectivity index (χ2v) is 7.91. The Bertz CT molecular complexity index is 522. The highest BCUT2D eigenvalue weighted by Crippen LogP contribution is 2.25. The van der Waals surface area contributed by atoms with E-state index in [-0.39, 0.29) is 24.3 Å². The van der Waals surface area contributed by atoms with Gasteiger partial charge in [0.05, 0.1) is 5.75 Å². The molecule has 1 aliphatic carbocycles. The minimum Gasteiger partial charge on any atom is -0.396 e. The van der Waals surface area contributed by atoms with Gasteiger partial charge in [-0.2, -0.15) is 0 Å². The van der Waals surface area contributed by atoms with E-state index in [9.17, 15) is 8.42 Å². The van der Waals surface area contributed by atoms with E-state index in [1.165, 1.54) is 0 Å². The molecule has 0 radical (unpaired) electrons. The smallest absolute Gasteiger partial charge is 0.212 e. The maximum atomic E-state index is 12.3. The summed E-state index contributed by atoms with van der Waals surface area (Å²) in [6.45, 7) is 2.15. The molecule has 21 heavy (non-hydrogen) atoms. The van der Waals surface area contributed by atoms with Crippen LogP contribution in [0.5, 0.6) is 0 Å². The van der Waals surface area contributed by atoms with Crippen molar-refractivity contribution in [1.29, 1.82) is 0 Å². The lowest BCUT2D eigenvalue weighted by molar-refractivity contribution is 0.180. The topological polar surface area (TPSA) is 66.4 Å². The number of hydrogen-bond acceptors (Lipinski definition) is 3. The van der Waals surface area contributed by atoms with E-state index in [1.807, 2.05) is 37.3 Å². The molecule has 118 valence electrons. The lowest BCUT2D eigenvalue weighted by Gasteiger charge is -2.28. The molecule has 1 unspecified atom stereocenters. The fraction of sp³-hybridized carbons (Fsp3) is 0.625. The van der Waals surface area contributed by atoms with Gasteiger partial charge in [0.15, 0.2) is 0 Å². The van der Waals surface area contributed by atoms with Crippen LogP contribution in [0.3, 0.4) is 0 Å². The van der Waals surface area contributed by atoms with Crippen LogP contribution in [0.2, 0.25) is 0 Å². The normalized spacial score (nSPS) is 24.7. The SMILES string of the molecule is CC(CS(=O)(=O)NC1CCC(CO)CC1)c1ccccc1. The van der Waals surface area contributed by atoms with Gasteiger partial charge in [0.1, 0.15) is 0 Å². The summed E-state index contributed by atoms with van der Waals surface area (Å²) in [7, 11) is -3.27. The van der Waals surface area contributed by atoms with Gasteiger partial charge in [0.2, 0.25) is 10.0 Å². The van der Waals surface area contributed by atoms with Crippen molar-refractivity contribution < 1.29 is 13.5 Å². The molecule has 1 atom stereocenters. The predicted molar refractivity (Wildman–Crippen MR) is 84.6 cm³/mol. The molecular formula is C16H25NO3S. The summed E-state index contributed by atoms with van der Waals surface area (Å²) >= 11 is 0. The molecule has 0 spiro atoms. The first-order valence-electron chi connectivity index (χ1n) is 7.66. The third kappa shape index (κ3) is 5.09. The van der Waals surface area contributed by atoms with Crippen LogP contribution in [0.25, 0.3) is 0 Å². The number of benzene rings is 1. The highest BCUT2D eigenvalue weighted by atomic mass is 32.2. The fourth-order valence-corrected chi connectivity index (χ4v) is 4.66. The Kier molecular flexibility index (Phi) is 5.79. The van der Waals surface area contributed by atoms with E-state index >= 15 is 0 Å². The van der Waals surface area contributed by atoms with Gasteiger partial charge >= 0.3 is 0 Å². The number of sulfonamides is 1. The highest BCUT2D eigenvalue weighted by molar-refractivity contribution is 7.89. The molecule has 0 saturated heterocycles. The molecule has 1 aromatic carbocycles. The van der Waals surface area contributed by atoms with Crippen molar-refractivity contribution in [3.05, 3.63) is 35.9 Å². The molecule has 0 amide bonds. The Hall–Kier alpha value is -0.910. The zero-order valence-corrected chi connectivity index (χ0v) is 13.3. The highest BCUT2D eigenvalue weighted by Gasteiger charge is 2.25. The van der Waals surface area contributed by atoms with E-state index < -0.39 is 10.0 Å². The van der Waals surface area contributed by atoms with E-state index in [4.69, 9.17) is 5.11 Å². The van der Waals surface area contributed by atoms with Gasteiger partial charge in [-0.25, -0.2) is 13.1 Å². The molecule has 1 saturated carbocycles. The van der Waals surface area contributed by atoms with Crippen LogP contribution in [0, 0.1) is 5.92 Å². The minimum absolute atomic E-state index is 0.0162. The largest absolute Gasteiger partial charge is 0.396 e. The minimum atomic E-state index is -3.27. The van der Waals surface area contributed by atoms with E-state index in [0.29, 0.717) is 5.92 Å². The van der Waals surface area contributed by atoms with E-state index in [0.717, 1.165) is 31.2 Å². The summed E-state index contributed by atoms with van der Waals surface area (Å²) in [6, 6.07) is 9.76. The molecule has 5 heteroatoms. The Labute approximate surface area is 127 Å². The van der Waals surface area contributed by atoms with Crippen molar-refractivity contribution >= 4 is 10.0 Å². The van der Waals surface area contributed by atoms with Gasteiger partial charge in [-0.1, -0.05) is 37.3 Å². The van der Waals surface area contributed by atoms with Crippen molar-refractivity contribution in [2.24, 2.45) is 5.92 Å². The molecule has 1 aromatic rings. The quantitative estimate of drug-likeness (QED) is 0.847. The molecule has 2 rings (SSSR count). The van der Waals surface area contributed by atoms with Crippen molar-refractivity contribution in [3.63, 3.8) is 0 Å². The number of hydrogen-bond donors (Lipinski definition) is 2. The zero-order chi connectivity index (χ0) is 15.3. The van der Waals surface area contributed by atoms with Gasteiger partial charge in [0.25, 0.3) is 0 Å². The van der Waals surface area contributed by atoms with Crippen LogP contribution < -0.4 is 4.72 Å². The maximum absolute atomic E-state index is 12.3. The van der Waals surface area contributed by atoms with Crippen molar-refractivity contribution in [3.8, 4) is 0 Å². The number of aliphatic hydroxyl groups is 1. The number of nitrogens with one attached hydrogen (secondary N) is 1. The van der Waals surface area contributed by atoms with Crippen molar-refractivity contribution in [2.45, 2.75) is 44.6 Å². The standard InChI is InChI=1S/C16H25NO3S/c1-13(15-5-3-2-4-6-15)12-21(19,20)17-16-9-7-14(11-18)8-10-16/h2-6,13-14,16-18H,7-12H2,1H3. The number of rotatable bonds is 6. The lowest BCUT2D eigenvalue weighted by Crippen LogP contribution is -2.40. The lowest BCUT2D eigenvalue weighted by atomic mass is 9.87. The van der Waals surface area contributed by atoms with Crippen LogP contribution in [0.1, 0.15) is 44.1 Å². The fourth-order valence-electron chi connectivity index (χ4n) is 2.97. The van der Waals surface area contributed by atoms with E-state index in [2.05, 4.69) is 4.72 Å². The summed E-state index contributed by atoms with van der Waals surface area (Å²) in [5, 5.41) is 9.12. The number of aliphatic hydroxyl groups excluding tert-OH is 1. The second-order valence-electron chi connectivity index (χ2n) is 6.11. The third-order valence-electron chi connectivity index (χ3n) is 4.29. The summed E-state index contributed by atoms with van der Waals surface area (Å²) in [5.41, 5.74) is 1.05. The molecule has 0 heterocycles. The van der Waals surface area contributed by atoms with Crippen LogP contribution in [-0.2, 0) is 10.0 Å². The Morgan fingerprint density at radius 1 is 1.19 bits per heavy atom. The summed E-state index contributed by atoms with van der Waals surface area (Å²) in [4.78, 5) is 0. The first-order valence-corrected chi connectivity index (χ1v) is 9.31. The van der Waals surface area contributed by atoms with Crippen molar-refractivity contribution in [1.82, 2.24) is 4.72 Å². The van der Waals surface area contributed by atoms with Crippen LogP contribution in [0.4, 0.5) is 0 Å². The molecule has 1 fully saturated rings. The second kappa shape index (κ2) is 7.38. The monoisotopic (exact) mass is 311 g/mol. The van der Waals surface area contributed by atoms with Gasteiger partial charge in [-0.05, 0) is 43.1 Å². The van der Waals surface area contributed by atoms with Gasteiger partial charge in [0, 0.05) is 12.6 Å². The van der Waals surface area contributed by atoms with E-state index in [1.54, 1.807) is 0 Å². The molecule has 2 N–H and O–H groups in total. The Morgan fingerprint density at radius 3 is 2.38 bits per heavy atom. The van der Waals surface area contributed by atoms with Crippen molar-refractivity contribution in [2.75, 3.05) is 12.4 Å².